The van der Waals surface area contributed by atoms with E-state index in [4.69, 9.17) is 14.2 Å². The van der Waals surface area contributed by atoms with E-state index in [1.165, 1.54) is 7.11 Å². The second-order valence-corrected chi connectivity index (χ2v) is 10.8. The van der Waals surface area contributed by atoms with Crippen molar-refractivity contribution < 1.29 is 32.9 Å². The average Bonchev–Trinajstić information content (AvgIpc) is 3.35. The van der Waals surface area contributed by atoms with E-state index in [0.717, 1.165) is 30.4 Å². The first kappa shape index (κ1) is 22.3. The van der Waals surface area contributed by atoms with Crippen molar-refractivity contribution in [3.8, 4) is 0 Å². The van der Waals surface area contributed by atoms with Gasteiger partial charge in [-0.3, -0.25) is 0 Å². The summed E-state index contributed by atoms with van der Waals surface area (Å²) in [7, 11) is 1.41. The molecule has 0 amide bonds. The van der Waals surface area contributed by atoms with E-state index >= 15 is 8.78 Å². The Hall–Kier alpha value is -1.47. The maximum absolute atomic E-state index is 15.0. The van der Waals surface area contributed by atoms with Crippen LogP contribution in [0.25, 0.3) is 0 Å². The van der Waals surface area contributed by atoms with Gasteiger partial charge in [-0.15, -0.1) is 0 Å². The minimum absolute atomic E-state index is 0.0489. The molecule has 5 nitrogen and oxygen atoms in total. The molecule has 1 unspecified atom stereocenters. The minimum atomic E-state index is -2.43. The molecule has 4 fully saturated rings. The van der Waals surface area contributed by atoms with Gasteiger partial charge in [0.2, 0.25) is 12.2 Å². The lowest BCUT2D eigenvalue weighted by Gasteiger charge is -2.60. The Morgan fingerprint density at radius 1 is 1.25 bits per heavy atom. The van der Waals surface area contributed by atoms with E-state index in [1.54, 1.807) is 0 Å². The van der Waals surface area contributed by atoms with Gasteiger partial charge in [0.1, 0.15) is 0 Å². The number of halogens is 2. The Kier molecular flexibility index (Phi) is 5.25. The average molecular weight is 453 g/mol. The molecule has 7 heteroatoms. The zero-order valence-electron chi connectivity index (χ0n) is 19.2. The standard InChI is InChI=1S/C25H34F2O5/c1-14-12-24(22(26)27)15(13-25(14)31-10-11-32-25)4-5-16-17-6-7-19(20(30-3)21(28)29)23(17,2)9-8-18(16)24/h4,14,16-18,22H,5-13H2,1-3H3,(H,28,29)/t14?,16-,17-,18-,23-,24+/m0/s1. The van der Waals surface area contributed by atoms with Crippen molar-refractivity contribution in [3.63, 3.8) is 0 Å². The lowest BCUT2D eigenvalue weighted by molar-refractivity contribution is -0.231. The number of fused-ring (bicyclic) bond motifs is 5. The molecule has 5 aliphatic rings. The number of carboxylic acids is 1. The maximum atomic E-state index is 15.0. The summed E-state index contributed by atoms with van der Waals surface area (Å²) in [5, 5.41) is 9.65. The Labute approximate surface area is 188 Å². The highest BCUT2D eigenvalue weighted by atomic mass is 19.3. The van der Waals surface area contributed by atoms with E-state index in [-0.39, 0.29) is 34.8 Å². The van der Waals surface area contributed by atoms with Crippen molar-refractivity contribution in [3.05, 3.63) is 23.0 Å². The first-order valence-electron chi connectivity index (χ1n) is 12.0. The van der Waals surface area contributed by atoms with E-state index in [1.807, 2.05) is 6.92 Å². The highest BCUT2D eigenvalue weighted by Gasteiger charge is 2.65. The summed E-state index contributed by atoms with van der Waals surface area (Å²) < 4.78 is 47.3. The lowest BCUT2D eigenvalue weighted by atomic mass is 9.46. The lowest BCUT2D eigenvalue weighted by Crippen LogP contribution is -2.58. The van der Waals surface area contributed by atoms with Crippen LogP contribution in [-0.2, 0) is 19.0 Å². The predicted molar refractivity (Wildman–Crippen MR) is 113 cm³/mol. The van der Waals surface area contributed by atoms with Gasteiger partial charge in [0, 0.05) is 12.3 Å². The molecule has 1 heterocycles. The van der Waals surface area contributed by atoms with Crippen molar-refractivity contribution in [2.75, 3.05) is 20.3 Å². The normalized spacial score (nSPS) is 44.0. The van der Waals surface area contributed by atoms with Crippen LogP contribution in [0.5, 0.6) is 0 Å². The third-order valence-electron chi connectivity index (χ3n) is 9.79. The van der Waals surface area contributed by atoms with Gasteiger partial charge in [-0.1, -0.05) is 25.5 Å². The van der Waals surface area contributed by atoms with E-state index < -0.39 is 23.6 Å². The van der Waals surface area contributed by atoms with Crippen LogP contribution >= 0.6 is 0 Å². The van der Waals surface area contributed by atoms with Crippen LogP contribution in [0.4, 0.5) is 8.78 Å². The van der Waals surface area contributed by atoms with Crippen LogP contribution < -0.4 is 0 Å². The molecule has 1 N–H and O–H groups in total. The molecular formula is C25H34F2O5. The summed E-state index contributed by atoms with van der Waals surface area (Å²) in [6.07, 6.45) is 4.11. The van der Waals surface area contributed by atoms with Crippen molar-refractivity contribution in [1.82, 2.24) is 0 Å². The van der Waals surface area contributed by atoms with Crippen LogP contribution in [0.15, 0.2) is 23.0 Å². The van der Waals surface area contributed by atoms with Crippen LogP contribution in [0, 0.1) is 34.5 Å². The zero-order valence-corrected chi connectivity index (χ0v) is 19.2. The first-order chi connectivity index (χ1) is 15.2. The van der Waals surface area contributed by atoms with Crippen molar-refractivity contribution >= 4 is 5.97 Å². The fourth-order valence-corrected chi connectivity index (χ4v) is 8.36. The Balaban J connectivity index is 1.53. The fraction of sp³-hybridized carbons (Fsp3) is 0.800. The van der Waals surface area contributed by atoms with Crippen molar-refractivity contribution in [2.24, 2.45) is 34.5 Å². The molecule has 5 rings (SSSR count). The van der Waals surface area contributed by atoms with Crippen LogP contribution in [-0.4, -0.2) is 43.6 Å². The van der Waals surface area contributed by atoms with Gasteiger partial charge < -0.3 is 19.3 Å². The van der Waals surface area contributed by atoms with E-state index in [2.05, 4.69) is 13.0 Å². The molecule has 0 radical (unpaired) electrons. The van der Waals surface area contributed by atoms with Gasteiger partial charge in [-0.25, -0.2) is 13.6 Å². The Morgan fingerprint density at radius 3 is 2.59 bits per heavy atom. The molecule has 0 aromatic rings. The Bertz CT molecular complexity index is 860. The molecule has 0 bridgehead atoms. The number of hydrogen-bond donors (Lipinski definition) is 1. The van der Waals surface area contributed by atoms with Crippen molar-refractivity contribution in [1.29, 1.82) is 0 Å². The maximum Gasteiger partial charge on any atom is 0.371 e. The zero-order chi connectivity index (χ0) is 22.9. The molecule has 32 heavy (non-hydrogen) atoms. The largest absolute Gasteiger partial charge is 0.490 e. The molecule has 0 aromatic heterocycles. The van der Waals surface area contributed by atoms with Gasteiger partial charge in [0.05, 0.1) is 25.7 Å². The molecule has 0 aromatic carbocycles. The molecule has 6 atom stereocenters. The van der Waals surface area contributed by atoms with E-state index in [0.29, 0.717) is 38.9 Å². The summed E-state index contributed by atoms with van der Waals surface area (Å²) in [5.74, 6) is -1.62. The number of methoxy groups -OCH3 is 1. The Morgan fingerprint density at radius 2 is 1.97 bits per heavy atom. The molecule has 3 saturated carbocycles. The van der Waals surface area contributed by atoms with E-state index in [9.17, 15) is 9.90 Å². The summed E-state index contributed by atoms with van der Waals surface area (Å²) >= 11 is 0. The molecular weight excluding hydrogens is 418 g/mol. The number of allylic oxidation sites excluding steroid dienone is 2. The third kappa shape index (κ3) is 2.82. The van der Waals surface area contributed by atoms with Gasteiger partial charge in [0.25, 0.3) is 0 Å². The van der Waals surface area contributed by atoms with Crippen LogP contribution in [0.2, 0.25) is 0 Å². The SMILES string of the molecule is COC(C(=O)O)=C1CC[C@H]2[C@@H]3CC=C4CC5(OCCO5)C(C)C[C@]4(C(F)F)[C@H]3CC[C@]12C. The number of rotatable bonds is 3. The first-order valence-corrected chi connectivity index (χ1v) is 12.0. The third-order valence-corrected chi connectivity index (χ3v) is 9.79. The van der Waals surface area contributed by atoms with Crippen LogP contribution in [0.1, 0.15) is 58.8 Å². The summed E-state index contributed by atoms with van der Waals surface area (Å²) in [6.45, 7) is 5.17. The predicted octanol–water partition coefficient (Wildman–Crippen LogP) is 5.17. The topological polar surface area (TPSA) is 65.0 Å². The minimum Gasteiger partial charge on any atom is -0.490 e. The summed E-state index contributed by atoms with van der Waals surface area (Å²) in [4.78, 5) is 11.8. The van der Waals surface area contributed by atoms with Gasteiger partial charge >= 0.3 is 5.97 Å². The smallest absolute Gasteiger partial charge is 0.371 e. The number of aliphatic carboxylic acids is 1. The molecule has 1 spiro atoms. The monoisotopic (exact) mass is 452 g/mol. The van der Waals surface area contributed by atoms with Crippen LogP contribution in [0.3, 0.4) is 0 Å². The quantitative estimate of drug-likeness (QED) is 0.364. The molecule has 1 saturated heterocycles. The number of alkyl halides is 2. The second kappa shape index (κ2) is 7.52. The molecule has 4 aliphatic carbocycles. The number of hydrogen-bond acceptors (Lipinski definition) is 4. The summed E-state index contributed by atoms with van der Waals surface area (Å²) in [6, 6.07) is 0. The number of carboxylic acid groups (broad SMARTS) is 1. The highest BCUT2D eigenvalue weighted by molar-refractivity contribution is 5.85. The fourth-order valence-electron chi connectivity index (χ4n) is 8.36. The van der Waals surface area contributed by atoms with Gasteiger partial charge in [-0.05, 0) is 67.3 Å². The van der Waals surface area contributed by atoms with Gasteiger partial charge in [-0.2, -0.15) is 0 Å². The number of ether oxygens (including phenoxy) is 3. The summed E-state index contributed by atoms with van der Waals surface area (Å²) in [5.41, 5.74) is 0.251. The van der Waals surface area contributed by atoms with Crippen molar-refractivity contribution in [2.45, 2.75) is 71.0 Å². The molecule has 1 aliphatic heterocycles. The highest BCUT2D eigenvalue weighted by Crippen LogP contribution is 2.69. The molecule has 178 valence electrons. The second-order valence-electron chi connectivity index (χ2n) is 10.8. The van der Waals surface area contributed by atoms with Gasteiger partial charge in [0.15, 0.2) is 5.79 Å². The number of carbonyl (C=O) groups is 1.